The van der Waals surface area contributed by atoms with Crippen molar-refractivity contribution in [2.24, 2.45) is 0 Å². The number of piperidine rings is 2. The summed E-state index contributed by atoms with van der Waals surface area (Å²) in [4.78, 5) is 55.9. The van der Waals surface area contributed by atoms with Crippen LogP contribution in [0.5, 0.6) is 5.75 Å². The number of terminal acetylenes is 1. The summed E-state index contributed by atoms with van der Waals surface area (Å²) in [6.07, 6.45) is 16.5. The minimum Gasteiger partial charge on any atom is -0.494 e. The SMILES string of the molecule is C#Cc1cc(C#CCCCCCCCN2CCN(C3CCN(c4ccc(Nc5ncc(Cl)c(Nc6ccccc6P(C)(C)=O)n5)c(OC)c4)CC3)CC2)c2c(c1)C(=O)N(C1CCC(=O)NC1=O)C2. The van der Waals surface area contributed by atoms with Crippen LogP contribution in [0.15, 0.2) is 60.8 Å². The fourth-order valence-electron chi connectivity index (χ4n) is 9.73. The summed E-state index contributed by atoms with van der Waals surface area (Å²) < 4.78 is 18.8. The Hall–Kier alpha value is -5.89. The van der Waals surface area contributed by atoms with Gasteiger partial charge in [0.25, 0.3) is 5.91 Å². The minimum atomic E-state index is -2.55. The smallest absolute Gasteiger partial charge is 0.255 e. The van der Waals surface area contributed by atoms with Crippen molar-refractivity contribution in [3.8, 4) is 29.9 Å². The van der Waals surface area contributed by atoms with E-state index in [4.69, 9.17) is 22.8 Å². The molecule has 356 valence electrons. The van der Waals surface area contributed by atoms with Crippen LogP contribution in [-0.2, 0) is 20.7 Å². The standard InChI is InChI=1S/C52H61ClN9O5P/c1-5-36-31-37(41-35-62(51(65)40(41)32-36)45-20-21-48(63)57-50(45)64)15-11-9-7-6-8-10-14-24-59-27-29-61(30-28-59)38-22-25-60(26-23-38)39-18-19-43(46(33-39)67-2)56-52-54-34-42(53)49(58-52)55-44-16-12-13-17-47(44)68(3,4)66/h1,12-13,16-19,31-34,38,45H,6-10,14,20-30,35H2,2-4H3,(H,57,63,64)(H2,54,55,56,58). The van der Waals surface area contributed by atoms with Gasteiger partial charge in [-0.25, -0.2) is 4.98 Å². The van der Waals surface area contributed by atoms with E-state index in [0.717, 1.165) is 106 Å². The summed E-state index contributed by atoms with van der Waals surface area (Å²) >= 11 is 6.50. The highest BCUT2D eigenvalue weighted by Crippen LogP contribution is 2.39. The Balaban J connectivity index is 0.727. The van der Waals surface area contributed by atoms with Crippen molar-refractivity contribution in [2.45, 2.75) is 82.8 Å². The first-order valence-electron chi connectivity index (χ1n) is 23.8. The van der Waals surface area contributed by atoms with Gasteiger partial charge in [-0.3, -0.25) is 24.6 Å². The number of ether oxygens (including phenoxy) is 1. The maximum atomic E-state index is 13.3. The topological polar surface area (TPSA) is 152 Å². The maximum absolute atomic E-state index is 13.3. The van der Waals surface area contributed by atoms with Crippen LogP contribution in [0.25, 0.3) is 0 Å². The zero-order chi connectivity index (χ0) is 47.8. The van der Waals surface area contributed by atoms with Gasteiger partial charge in [-0.15, -0.1) is 6.42 Å². The number of halogens is 1. The lowest BCUT2D eigenvalue weighted by Gasteiger charge is -2.43. The Labute approximate surface area is 405 Å². The van der Waals surface area contributed by atoms with E-state index < -0.39 is 19.1 Å². The number of rotatable bonds is 16. The van der Waals surface area contributed by atoms with Crippen molar-refractivity contribution in [3.05, 3.63) is 88.1 Å². The van der Waals surface area contributed by atoms with Crippen LogP contribution < -0.4 is 30.9 Å². The van der Waals surface area contributed by atoms with Gasteiger partial charge in [-0.2, -0.15) is 4.98 Å². The molecule has 4 aromatic rings. The number of nitrogens with zero attached hydrogens (tertiary/aromatic N) is 6. The number of aromatic nitrogens is 2. The van der Waals surface area contributed by atoms with E-state index in [0.29, 0.717) is 51.8 Å². The molecule has 68 heavy (non-hydrogen) atoms. The van der Waals surface area contributed by atoms with Crippen molar-refractivity contribution in [2.75, 3.05) is 81.8 Å². The van der Waals surface area contributed by atoms with Crippen molar-refractivity contribution in [3.63, 3.8) is 0 Å². The van der Waals surface area contributed by atoms with Crippen LogP contribution in [0.1, 0.15) is 91.3 Å². The largest absolute Gasteiger partial charge is 0.494 e. The highest BCUT2D eigenvalue weighted by atomic mass is 35.5. The number of carbonyl (C=O) groups excluding carboxylic acids is 3. The molecule has 16 heteroatoms. The van der Waals surface area contributed by atoms with E-state index in [1.165, 1.54) is 19.3 Å². The molecular weight excluding hydrogens is 897 g/mol. The number of imide groups is 1. The van der Waals surface area contributed by atoms with Crippen LogP contribution in [0.2, 0.25) is 5.02 Å². The number of unbranched alkanes of at least 4 members (excludes halogenated alkanes) is 5. The number of para-hydroxylation sites is 1. The fraction of sp³-hybridized carbons (Fsp3) is 0.442. The Morgan fingerprint density at radius 3 is 2.43 bits per heavy atom. The van der Waals surface area contributed by atoms with Crippen LogP contribution >= 0.6 is 18.7 Å². The molecule has 0 radical (unpaired) electrons. The summed E-state index contributed by atoms with van der Waals surface area (Å²) in [7, 11) is -0.880. The molecule has 14 nitrogen and oxygen atoms in total. The summed E-state index contributed by atoms with van der Waals surface area (Å²) in [6.45, 7) is 11.3. The second kappa shape index (κ2) is 22.0. The van der Waals surface area contributed by atoms with Crippen molar-refractivity contribution in [1.29, 1.82) is 0 Å². The number of piperazine rings is 1. The van der Waals surface area contributed by atoms with Crippen LogP contribution in [0, 0.1) is 24.2 Å². The zero-order valence-corrected chi connectivity index (χ0v) is 40.9. The second-order valence-corrected chi connectivity index (χ2v) is 22.0. The fourth-order valence-corrected chi connectivity index (χ4v) is 11.0. The van der Waals surface area contributed by atoms with Crippen molar-refractivity contribution < 1.29 is 23.7 Å². The number of carbonyl (C=O) groups is 3. The lowest BCUT2D eigenvalue weighted by atomic mass is 9.99. The summed E-state index contributed by atoms with van der Waals surface area (Å²) in [5.74, 6) is 9.70. The predicted molar refractivity (Wildman–Crippen MR) is 270 cm³/mol. The molecule has 3 N–H and O–H groups in total. The predicted octanol–water partition coefficient (Wildman–Crippen LogP) is 7.59. The third kappa shape index (κ3) is 11.7. The van der Waals surface area contributed by atoms with E-state index in [9.17, 15) is 18.9 Å². The molecule has 1 unspecified atom stereocenters. The third-order valence-electron chi connectivity index (χ3n) is 13.5. The van der Waals surface area contributed by atoms with Crippen LogP contribution in [0.4, 0.5) is 28.8 Å². The molecule has 4 aliphatic heterocycles. The van der Waals surface area contributed by atoms with E-state index >= 15 is 0 Å². The van der Waals surface area contributed by atoms with Gasteiger partial charge in [-0.05, 0) is 93.9 Å². The number of benzene rings is 3. The van der Waals surface area contributed by atoms with E-state index in [2.05, 4.69) is 70.5 Å². The van der Waals surface area contributed by atoms with Gasteiger partial charge >= 0.3 is 0 Å². The average Bonchev–Trinajstić information content (AvgIpc) is 3.67. The monoisotopic (exact) mass is 957 g/mol. The highest BCUT2D eigenvalue weighted by molar-refractivity contribution is 7.70. The molecular formula is C52H61ClN9O5P. The first-order chi connectivity index (χ1) is 32.9. The van der Waals surface area contributed by atoms with E-state index in [1.54, 1.807) is 37.6 Å². The second-order valence-electron chi connectivity index (χ2n) is 18.4. The van der Waals surface area contributed by atoms with Gasteiger partial charge in [0.05, 0.1) is 24.7 Å². The van der Waals surface area contributed by atoms with Crippen LogP contribution in [-0.4, -0.2) is 121 Å². The number of fused-ring (bicyclic) bond motifs is 1. The van der Waals surface area contributed by atoms with E-state index in [-0.39, 0.29) is 24.8 Å². The summed E-state index contributed by atoms with van der Waals surface area (Å²) in [6, 6.07) is 17.1. The molecule has 0 saturated carbocycles. The number of hydrogen-bond donors (Lipinski definition) is 3. The number of methoxy groups -OCH3 is 1. The molecule has 0 bridgehead atoms. The maximum Gasteiger partial charge on any atom is 0.255 e. The first kappa shape index (κ1) is 48.6. The lowest BCUT2D eigenvalue weighted by Crippen LogP contribution is -2.53. The molecule has 4 aliphatic rings. The molecule has 5 heterocycles. The molecule has 3 amide bonds. The molecule has 8 rings (SSSR count). The molecule has 0 aliphatic carbocycles. The minimum absolute atomic E-state index is 0.211. The number of hydrogen-bond acceptors (Lipinski definition) is 12. The van der Waals surface area contributed by atoms with Gasteiger partial charge in [0.1, 0.15) is 24.0 Å². The third-order valence-corrected chi connectivity index (χ3v) is 15.3. The van der Waals surface area contributed by atoms with Gasteiger partial charge in [-0.1, -0.05) is 60.8 Å². The molecule has 0 spiro atoms. The Bertz CT molecular complexity index is 2670. The van der Waals surface area contributed by atoms with Gasteiger partial charge < -0.3 is 34.6 Å². The first-order valence-corrected chi connectivity index (χ1v) is 26.7. The van der Waals surface area contributed by atoms with Gasteiger partial charge in [0.15, 0.2) is 5.82 Å². The summed E-state index contributed by atoms with van der Waals surface area (Å²) in [5.41, 5.74) is 5.18. The lowest BCUT2D eigenvalue weighted by molar-refractivity contribution is -0.136. The number of nitrogens with one attached hydrogen (secondary N) is 3. The zero-order valence-electron chi connectivity index (χ0n) is 39.3. The molecule has 3 aromatic carbocycles. The van der Waals surface area contributed by atoms with Crippen molar-refractivity contribution >= 4 is 70.6 Å². The van der Waals surface area contributed by atoms with Gasteiger partial charge in [0, 0.05) is 98.4 Å². The molecule has 1 aromatic heterocycles. The Kier molecular flexibility index (Phi) is 15.7. The highest BCUT2D eigenvalue weighted by Gasteiger charge is 2.40. The average molecular weight is 959 g/mol. The van der Waals surface area contributed by atoms with Crippen molar-refractivity contribution in [1.82, 2.24) is 30.0 Å². The molecule has 1 atom stereocenters. The molecule has 3 fully saturated rings. The summed E-state index contributed by atoms with van der Waals surface area (Å²) in [5, 5.41) is 9.98. The number of amides is 3. The Morgan fingerprint density at radius 2 is 1.68 bits per heavy atom. The number of anilines is 5. The van der Waals surface area contributed by atoms with Crippen LogP contribution in [0.3, 0.4) is 0 Å². The normalized spacial score (nSPS) is 18.1. The quantitative estimate of drug-likeness (QED) is 0.0439. The Morgan fingerprint density at radius 1 is 0.912 bits per heavy atom. The van der Waals surface area contributed by atoms with Gasteiger partial charge in [0.2, 0.25) is 17.8 Å². The van der Waals surface area contributed by atoms with E-state index in [1.807, 2.05) is 36.4 Å². The molecule has 3 saturated heterocycles.